The molecule has 0 fully saturated rings. The van der Waals surface area contributed by atoms with Gasteiger partial charge in [-0.2, -0.15) is 0 Å². The van der Waals surface area contributed by atoms with Crippen LogP contribution in [-0.2, 0) is 4.79 Å². The Morgan fingerprint density at radius 1 is 1.12 bits per heavy atom. The fourth-order valence-corrected chi connectivity index (χ4v) is 2.94. The summed E-state index contributed by atoms with van der Waals surface area (Å²) in [6.45, 7) is 1.50. The highest BCUT2D eigenvalue weighted by Gasteiger charge is 2.08. The molecule has 2 N–H and O–H groups in total. The Kier molecular flexibility index (Phi) is 5.30. The highest BCUT2D eigenvalue weighted by Crippen LogP contribution is 2.21. The van der Waals surface area contributed by atoms with Gasteiger partial charge < -0.3 is 10.3 Å². The summed E-state index contributed by atoms with van der Waals surface area (Å²) in [6, 6.07) is 16.8. The van der Waals surface area contributed by atoms with E-state index in [0.29, 0.717) is 16.4 Å². The SMILES string of the molecule is CC(=O)c1cccc(NC(=O)CSc2ncc(-c3ccccc3)[nH]2)c1. The van der Waals surface area contributed by atoms with Gasteiger partial charge in [-0.05, 0) is 24.6 Å². The van der Waals surface area contributed by atoms with Gasteiger partial charge in [0.15, 0.2) is 10.9 Å². The third-order valence-corrected chi connectivity index (χ3v) is 4.42. The van der Waals surface area contributed by atoms with E-state index in [1.54, 1.807) is 30.5 Å². The molecule has 0 aliphatic carbocycles. The lowest BCUT2D eigenvalue weighted by atomic mass is 10.1. The lowest BCUT2D eigenvalue weighted by Gasteiger charge is -2.05. The number of imidazole rings is 1. The summed E-state index contributed by atoms with van der Waals surface area (Å²) in [5.74, 6) is 0.0457. The van der Waals surface area contributed by atoms with Gasteiger partial charge in [0, 0.05) is 11.3 Å². The average molecular weight is 351 g/mol. The molecule has 2 aromatic carbocycles. The zero-order valence-electron chi connectivity index (χ0n) is 13.7. The van der Waals surface area contributed by atoms with Crippen LogP contribution < -0.4 is 5.32 Å². The molecule has 0 aliphatic rings. The number of aromatic amines is 1. The number of Topliss-reactive ketones (excluding diaryl/α,β-unsaturated/α-hetero) is 1. The van der Waals surface area contributed by atoms with E-state index in [9.17, 15) is 9.59 Å². The van der Waals surface area contributed by atoms with Crippen molar-refractivity contribution in [2.45, 2.75) is 12.1 Å². The van der Waals surface area contributed by atoms with Crippen molar-refractivity contribution in [1.82, 2.24) is 9.97 Å². The molecule has 25 heavy (non-hydrogen) atoms. The van der Waals surface area contributed by atoms with Crippen LogP contribution in [0.3, 0.4) is 0 Å². The minimum atomic E-state index is -0.150. The summed E-state index contributed by atoms with van der Waals surface area (Å²) in [7, 11) is 0. The van der Waals surface area contributed by atoms with Gasteiger partial charge in [0.05, 0.1) is 17.6 Å². The lowest BCUT2D eigenvalue weighted by molar-refractivity contribution is -0.113. The van der Waals surface area contributed by atoms with Gasteiger partial charge in [-0.15, -0.1) is 0 Å². The molecule has 6 heteroatoms. The first-order chi connectivity index (χ1) is 12.1. The van der Waals surface area contributed by atoms with Crippen LogP contribution in [0.15, 0.2) is 66.0 Å². The van der Waals surface area contributed by atoms with E-state index in [4.69, 9.17) is 0 Å². The number of nitrogens with one attached hydrogen (secondary N) is 2. The van der Waals surface area contributed by atoms with Crippen LogP contribution in [0.5, 0.6) is 0 Å². The second-order valence-corrected chi connectivity index (χ2v) is 6.41. The van der Waals surface area contributed by atoms with Crippen LogP contribution in [0.4, 0.5) is 5.69 Å². The Bertz CT molecular complexity index is 890. The molecule has 0 unspecified atom stereocenters. The normalized spacial score (nSPS) is 10.4. The summed E-state index contributed by atoms with van der Waals surface area (Å²) in [6.07, 6.45) is 1.76. The molecular weight excluding hydrogens is 334 g/mol. The number of thioether (sulfide) groups is 1. The minimum absolute atomic E-state index is 0.0329. The maximum absolute atomic E-state index is 12.1. The first kappa shape index (κ1) is 17.0. The smallest absolute Gasteiger partial charge is 0.234 e. The van der Waals surface area contributed by atoms with Crippen molar-refractivity contribution < 1.29 is 9.59 Å². The quantitative estimate of drug-likeness (QED) is 0.520. The highest BCUT2D eigenvalue weighted by atomic mass is 32.2. The van der Waals surface area contributed by atoms with Crippen molar-refractivity contribution in [3.05, 3.63) is 66.4 Å². The number of amides is 1. The summed E-state index contributed by atoms with van der Waals surface area (Å²) in [4.78, 5) is 31.0. The Balaban J connectivity index is 1.57. The molecule has 0 atom stereocenters. The number of aromatic nitrogens is 2. The van der Waals surface area contributed by atoms with Crippen LogP contribution in [0.25, 0.3) is 11.3 Å². The molecule has 0 radical (unpaired) electrons. The van der Waals surface area contributed by atoms with Crippen molar-refractivity contribution in [3.63, 3.8) is 0 Å². The van der Waals surface area contributed by atoms with Crippen LogP contribution in [-0.4, -0.2) is 27.4 Å². The molecule has 3 rings (SSSR count). The number of carbonyl (C=O) groups excluding carboxylic acids is 2. The number of anilines is 1. The number of H-pyrrole nitrogens is 1. The second kappa shape index (κ2) is 7.81. The van der Waals surface area contributed by atoms with Gasteiger partial charge in [-0.3, -0.25) is 9.59 Å². The zero-order valence-corrected chi connectivity index (χ0v) is 14.5. The van der Waals surface area contributed by atoms with E-state index >= 15 is 0 Å². The molecule has 1 amide bonds. The van der Waals surface area contributed by atoms with Crippen LogP contribution >= 0.6 is 11.8 Å². The first-order valence-electron chi connectivity index (χ1n) is 7.76. The second-order valence-electron chi connectivity index (χ2n) is 5.44. The molecular formula is C19H17N3O2S. The maximum atomic E-state index is 12.1. The summed E-state index contributed by atoms with van der Waals surface area (Å²) in [5, 5.41) is 3.48. The fraction of sp³-hybridized carbons (Fsp3) is 0.105. The first-order valence-corrected chi connectivity index (χ1v) is 8.74. The molecule has 3 aromatic rings. The zero-order chi connectivity index (χ0) is 17.6. The van der Waals surface area contributed by atoms with Gasteiger partial charge in [0.2, 0.25) is 5.91 Å². The van der Waals surface area contributed by atoms with Crippen LogP contribution in [0, 0.1) is 0 Å². The van der Waals surface area contributed by atoms with Crippen molar-refractivity contribution in [2.24, 2.45) is 0 Å². The van der Waals surface area contributed by atoms with E-state index < -0.39 is 0 Å². The van der Waals surface area contributed by atoms with E-state index in [1.165, 1.54) is 18.7 Å². The number of nitrogens with zero attached hydrogens (tertiary/aromatic N) is 1. The van der Waals surface area contributed by atoms with Crippen molar-refractivity contribution >= 4 is 29.1 Å². The largest absolute Gasteiger partial charge is 0.333 e. The summed E-state index contributed by atoms with van der Waals surface area (Å²) < 4.78 is 0. The van der Waals surface area contributed by atoms with E-state index in [2.05, 4.69) is 15.3 Å². The van der Waals surface area contributed by atoms with Gasteiger partial charge >= 0.3 is 0 Å². The average Bonchev–Trinajstić information content (AvgIpc) is 3.10. The van der Waals surface area contributed by atoms with Gasteiger partial charge in [0.1, 0.15) is 0 Å². The molecule has 0 aliphatic heterocycles. The Labute approximate surface area is 149 Å². The van der Waals surface area contributed by atoms with Gasteiger partial charge in [-0.1, -0.05) is 54.2 Å². The topological polar surface area (TPSA) is 74.8 Å². The summed E-state index contributed by atoms with van der Waals surface area (Å²) in [5.41, 5.74) is 3.15. The van der Waals surface area contributed by atoms with Crippen molar-refractivity contribution in [3.8, 4) is 11.3 Å². The molecule has 0 saturated heterocycles. The number of hydrogen-bond acceptors (Lipinski definition) is 4. The van der Waals surface area contributed by atoms with Crippen molar-refractivity contribution in [1.29, 1.82) is 0 Å². The minimum Gasteiger partial charge on any atom is -0.333 e. The molecule has 1 aromatic heterocycles. The van der Waals surface area contributed by atoms with Gasteiger partial charge in [-0.25, -0.2) is 4.98 Å². The maximum Gasteiger partial charge on any atom is 0.234 e. The Hall–Kier alpha value is -2.86. The highest BCUT2D eigenvalue weighted by molar-refractivity contribution is 7.99. The third kappa shape index (κ3) is 4.58. The fourth-order valence-electron chi connectivity index (χ4n) is 2.29. The number of hydrogen-bond donors (Lipinski definition) is 2. The number of benzene rings is 2. The van der Waals surface area contributed by atoms with E-state index in [1.807, 2.05) is 30.3 Å². The molecule has 1 heterocycles. The molecule has 0 saturated carbocycles. The van der Waals surface area contributed by atoms with Crippen LogP contribution in [0.1, 0.15) is 17.3 Å². The van der Waals surface area contributed by atoms with Crippen LogP contribution in [0.2, 0.25) is 0 Å². The predicted octanol–water partition coefficient (Wildman–Crippen LogP) is 4.01. The molecule has 5 nitrogen and oxygen atoms in total. The number of rotatable bonds is 6. The third-order valence-electron chi connectivity index (χ3n) is 3.53. The molecule has 0 spiro atoms. The van der Waals surface area contributed by atoms with Gasteiger partial charge in [0.25, 0.3) is 0 Å². The summed E-state index contributed by atoms with van der Waals surface area (Å²) >= 11 is 1.33. The number of ketones is 1. The number of carbonyl (C=O) groups is 2. The lowest BCUT2D eigenvalue weighted by Crippen LogP contribution is -2.14. The molecule has 0 bridgehead atoms. The standard InChI is InChI=1S/C19H17N3O2S/c1-13(23)15-8-5-9-16(10-15)21-18(24)12-25-19-20-11-17(22-19)14-6-3-2-4-7-14/h2-11H,12H2,1H3,(H,20,22)(H,21,24). The van der Waals surface area contributed by atoms with E-state index in [-0.39, 0.29) is 17.4 Å². The Morgan fingerprint density at radius 3 is 2.68 bits per heavy atom. The monoisotopic (exact) mass is 351 g/mol. The van der Waals surface area contributed by atoms with E-state index in [0.717, 1.165) is 11.3 Å². The molecule has 126 valence electrons. The predicted molar refractivity (Wildman–Crippen MR) is 99.8 cm³/mol. The van der Waals surface area contributed by atoms with Crippen molar-refractivity contribution in [2.75, 3.05) is 11.1 Å². The Morgan fingerprint density at radius 2 is 1.92 bits per heavy atom.